The van der Waals surface area contributed by atoms with E-state index >= 15 is 0 Å². The standard InChI is InChI=1S/C36H45N3O4S/c1-42-32-23-27(17-20-31(32)43-25-26-15-18-28(19-16-26)34(40)38-21-9-4-10-22-38)24-33-35(41)39(30-13-7-3-8-14-30)36(44-33)37-29-11-5-2-6-12-29/h15-20,23-24,29-30H,2-14,21-22,25H2,1H3/b33-24-,37-36?. The van der Waals surface area contributed by atoms with Crippen LogP contribution in [-0.4, -0.2) is 59.1 Å². The average Bonchev–Trinajstić information content (AvgIpc) is 3.38. The number of hydrogen-bond acceptors (Lipinski definition) is 6. The van der Waals surface area contributed by atoms with E-state index in [2.05, 4.69) is 0 Å². The number of hydrogen-bond donors (Lipinski definition) is 0. The number of thioether (sulfide) groups is 1. The van der Waals surface area contributed by atoms with Gasteiger partial charge in [0.15, 0.2) is 16.7 Å². The highest BCUT2D eigenvalue weighted by Gasteiger charge is 2.39. The Morgan fingerprint density at radius 2 is 1.57 bits per heavy atom. The van der Waals surface area contributed by atoms with Crippen molar-refractivity contribution in [2.45, 2.75) is 102 Å². The van der Waals surface area contributed by atoms with Crippen LogP contribution in [0, 0.1) is 0 Å². The molecule has 0 unspecified atom stereocenters. The van der Waals surface area contributed by atoms with Crippen LogP contribution < -0.4 is 9.47 Å². The number of amidine groups is 1. The summed E-state index contributed by atoms with van der Waals surface area (Å²) in [4.78, 5) is 36.4. The van der Waals surface area contributed by atoms with Crippen LogP contribution in [-0.2, 0) is 11.4 Å². The molecule has 0 spiro atoms. The Morgan fingerprint density at radius 1 is 0.886 bits per heavy atom. The molecule has 8 heteroatoms. The molecule has 0 N–H and O–H groups in total. The smallest absolute Gasteiger partial charge is 0.266 e. The van der Waals surface area contributed by atoms with Crippen molar-refractivity contribution in [2.75, 3.05) is 20.2 Å². The largest absolute Gasteiger partial charge is 0.493 e. The molecule has 6 rings (SSSR count). The lowest BCUT2D eigenvalue weighted by atomic mass is 9.94. The van der Waals surface area contributed by atoms with Crippen molar-refractivity contribution in [3.8, 4) is 11.5 Å². The van der Waals surface area contributed by atoms with E-state index in [9.17, 15) is 9.59 Å². The number of likely N-dealkylation sites (tertiary alicyclic amines) is 1. The molecule has 2 aromatic rings. The summed E-state index contributed by atoms with van der Waals surface area (Å²) in [6.07, 6.45) is 17.0. The van der Waals surface area contributed by atoms with Crippen LogP contribution in [0.25, 0.3) is 6.08 Å². The van der Waals surface area contributed by atoms with Crippen molar-refractivity contribution in [1.82, 2.24) is 9.80 Å². The van der Waals surface area contributed by atoms with Gasteiger partial charge in [0.05, 0.1) is 18.1 Å². The lowest BCUT2D eigenvalue weighted by Crippen LogP contribution is -2.41. The Kier molecular flexibility index (Phi) is 10.3. The summed E-state index contributed by atoms with van der Waals surface area (Å²) in [5.74, 6) is 1.44. The third-order valence-corrected chi connectivity index (χ3v) is 10.4. The topological polar surface area (TPSA) is 71.4 Å². The zero-order valence-electron chi connectivity index (χ0n) is 26.0. The van der Waals surface area contributed by atoms with Crippen LogP contribution in [0.3, 0.4) is 0 Å². The first-order chi connectivity index (χ1) is 21.6. The van der Waals surface area contributed by atoms with E-state index in [-0.39, 0.29) is 17.9 Å². The van der Waals surface area contributed by atoms with Crippen LogP contribution in [0.1, 0.15) is 105 Å². The molecule has 4 aliphatic rings. The summed E-state index contributed by atoms with van der Waals surface area (Å²) in [5, 5.41) is 0.899. The summed E-state index contributed by atoms with van der Waals surface area (Å²) >= 11 is 1.53. The Hall–Kier alpha value is -3.26. The van der Waals surface area contributed by atoms with Gasteiger partial charge in [-0.15, -0.1) is 0 Å². The third kappa shape index (κ3) is 7.33. The van der Waals surface area contributed by atoms with Crippen LogP contribution in [0.2, 0.25) is 0 Å². The fourth-order valence-corrected chi connectivity index (χ4v) is 7.94. The van der Waals surface area contributed by atoms with Gasteiger partial charge in [-0.3, -0.25) is 19.5 Å². The van der Waals surface area contributed by atoms with E-state index in [4.69, 9.17) is 14.5 Å². The van der Waals surface area contributed by atoms with Gasteiger partial charge in [-0.1, -0.05) is 56.7 Å². The van der Waals surface area contributed by atoms with E-state index in [0.717, 1.165) is 78.4 Å². The number of aliphatic imine (C=N–C) groups is 1. The number of ether oxygens (including phenoxy) is 2. The number of piperidine rings is 1. The highest BCUT2D eigenvalue weighted by molar-refractivity contribution is 8.18. The number of methoxy groups -OCH3 is 1. The second-order valence-corrected chi connectivity index (χ2v) is 13.5. The molecule has 7 nitrogen and oxygen atoms in total. The summed E-state index contributed by atoms with van der Waals surface area (Å²) in [6.45, 7) is 2.05. The van der Waals surface area contributed by atoms with E-state index in [0.29, 0.717) is 24.1 Å². The monoisotopic (exact) mass is 615 g/mol. The zero-order valence-corrected chi connectivity index (χ0v) is 26.8. The number of benzene rings is 2. The molecule has 4 fully saturated rings. The number of amides is 2. The quantitative estimate of drug-likeness (QED) is 0.283. The first-order valence-electron chi connectivity index (χ1n) is 16.6. The predicted octanol–water partition coefficient (Wildman–Crippen LogP) is 7.84. The number of rotatable bonds is 8. The Balaban J connectivity index is 1.14. The summed E-state index contributed by atoms with van der Waals surface area (Å²) < 4.78 is 11.8. The lowest BCUT2D eigenvalue weighted by molar-refractivity contribution is -0.124. The van der Waals surface area contributed by atoms with Crippen molar-refractivity contribution >= 4 is 34.8 Å². The maximum Gasteiger partial charge on any atom is 0.266 e. The second kappa shape index (κ2) is 14.7. The first kappa shape index (κ1) is 30.8. The van der Waals surface area contributed by atoms with E-state index in [1.807, 2.05) is 58.3 Å². The number of carbonyl (C=O) groups is 2. The Morgan fingerprint density at radius 3 is 2.27 bits per heavy atom. The molecule has 2 aliphatic carbocycles. The summed E-state index contributed by atoms with van der Waals surface area (Å²) in [5.41, 5.74) is 2.60. The minimum atomic E-state index is 0.0815. The Labute approximate surface area is 266 Å². The average molecular weight is 616 g/mol. The van der Waals surface area contributed by atoms with Gasteiger partial charge in [0.2, 0.25) is 0 Å². The van der Waals surface area contributed by atoms with Crippen LogP contribution >= 0.6 is 11.8 Å². The predicted molar refractivity (Wildman–Crippen MR) is 177 cm³/mol. The molecule has 2 amide bonds. The number of carbonyl (C=O) groups excluding carboxylic acids is 2. The van der Waals surface area contributed by atoms with Crippen molar-refractivity contribution in [2.24, 2.45) is 4.99 Å². The van der Waals surface area contributed by atoms with Crippen LogP contribution in [0.4, 0.5) is 0 Å². The summed E-state index contributed by atoms with van der Waals surface area (Å²) in [6, 6.07) is 14.1. The molecule has 2 aromatic carbocycles. The molecule has 0 radical (unpaired) electrons. The third-order valence-electron chi connectivity index (χ3n) is 9.37. The molecule has 2 saturated heterocycles. The molecular weight excluding hydrogens is 570 g/mol. The van der Waals surface area contributed by atoms with Crippen molar-refractivity contribution in [3.05, 3.63) is 64.1 Å². The fourth-order valence-electron chi connectivity index (χ4n) is 6.83. The molecule has 2 heterocycles. The van der Waals surface area contributed by atoms with Gasteiger partial charge in [0, 0.05) is 24.7 Å². The lowest BCUT2D eigenvalue weighted by Gasteiger charge is -2.31. The molecule has 44 heavy (non-hydrogen) atoms. The van der Waals surface area contributed by atoms with E-state index < -0.39 is 0 Å². The van der Waals surface area contributed by atoms with Gasteiger partial charge in [-0.05, 0) is 98.2 Å². The SMILES string of the molecule is COc1cc(/C=C2\SC(=NC3CCCCC3)N(C3CCCCC3)C2=O)ccc1OCc1ccc(C(=O)N2CCCCC2)cc1. The molecule has 234 valence electrons. The number of nitrogens with zero attached hydrogens (tertiary/aromatic N) is 3. The van der Waals surface area contributed by atoms with Gasteiger partial charge in [-0.25, -0.2) is 0 Å². The fraction of sp³-hybridized carbons (Fsp3) is 0.528. The molecular formula is C36H45N3O4S. The van der Waals surface area contributed by atoms with Gasteiger partial charge < -0.3 is 14.4 Å². The molecule has 2 saturated carbocycles. The molecule has 0 atom stereocenters. The van der Waals surface area contributed by atoms with Gasteiger partial charge >= 0.3 is 0 Å². The zero-order chi connectivity index (χ0) is 30.3. The van der Waals surface area contributed by atoms with E-state index in [1.54, 1.807) is 7.11 Å². The molecule has 0 bridgehead atoms. The van der Waals surface area contributed by atoms with Crippen molar-refractivity contribution in [1.29, 1.82) is 0 Å². The minimum absolute atomic E-state index is 0.0815. The highest BCUT2D eigenvalue weighted by Crippen LogP contribution is 2.39. The minimum Gasteiger partial charge on any atom is -0.493 e. The van der Waals surface area contributed by atoms with E-state index in [1.165, 1.54) is 56.7 Å². The van der Waals surface area contributed by atoms with Crippen LogP contribution in [0.15, 0.2) is 52.4 Å². The van der Waals surface area contributed by atoms with Gasteiger partial charge in [0.25, 0.3) is 11.8 Å². The van der Waals surface area contributed by atoms with Crippen molar-refractivity contribution < 1.29 is 19.1 Å². The molecule has 2 aliphatic heterocycles. The maximum atomic E-state index is 13.8. The summed E-state index contributed by atoms with van der Waals surface area (Å²) in [7, 11) is 1.63. The Bertz CT molecular complexity index is 1370. The highest BCUT2D eigenvalue weighted by atomic mass is 32.2. The van der Waals surface area contributed by atoms with Gasteiger partial charge in [-0.2, -0.15) is 0 Å². The van der Waals surface area contributed by atoms with Gasteiger partial charge in [0.1, 0.15) is 6.61 Å². The first-order valence-corrected chi connectivity index (χ1v) is 17.4. The van der Waals surface area contributed by atoms with Crippen LogP contribution in [0.5, 0.6) is 11.5 Å². The maximum absolute atomic E-state index is 13.8. The van der Waals surface area contributed by atoms with Crippen molar-refractivity contribution in [3.63, 3.8) is 0 Å². The normalized spacial score (nSPS) is 22.2. The second-order valence-electron chi connectivity index (χ2n) is 12.5. The molecule has 0 aromatic heterocycles.